The molecule has 0 unspecified atom stereocenters. The van der Waals surface area contributed by atoms with Crippen LogP contribution in [0.15, 0.2) is 59.5 Å². The second-order valence-electron chi connectivity index (χ2n) is 5.13. The number of hydrogen-bond donors (Lipinski definition) is 0. The molecule has 0 bridgehead atoms. The molecule has 23 heavy (non-hydrogen) atoms. The number of carbonyl (C=O) groups is 1. The monoisotopic (exact) mass is 330 g/mol. The second kappa shape index (κ2) is 7.78. The highest BCUT2D eigenvalue weighted by molar-refractivity contribution is 8.00. The molecule has 1 amide bonds. The predicted octanol–water partition coefficient (Wildman–Crippen LogP) is 3.91. The quantitative estimate of drug-likeness (QED) is 0.458. The third-order valence-electron chi connectivity index (χ3n) is 3.67. The van der Waals surface area contributed by atoms with Gasteiger partial charge in [0.05, 0.1) is 16.7 Å². The molecule has 2 rings (SSSR count). The van der Waals surface area contributed by atoms with E-state index >= 15 is 0 Å². The van der Waals surface area contributed by atoms with E-state index in [0.717, 1.165) is 10.5 Å². The smallest absolute Gasteiger partial charge is 0.269 e. The first-order valence-corrected chi connectivity index (χ1v) is 8.15. The Balaban J connectivity index is 1.92. The molecule has 0 aromatic heterocycles. The zero-order valence-corrected chi connectivity index (χ0v) is 13.8. The zero-order chi connectivity index (χ0) is 16.8. The van der Waals surface area contributed by atoms with Crippen molar-refractivity contribution in [2.45, 2.75) is 17.9 Å². The molecular weight excluding hydrogens is 312 g/mol. The van der Waals surface area contributed by atoms with Crippen molar-refractivity contribution in [3.05, 3.63) is 70.3 Å². The number of thioether (sulfide) groups is 1. The molecule has 2 aromatic rings. The standard InChI is InChI=1S/C17H18N2O3S/c1-13(14-6-4-3-5-7-14)18(2)17(20)12-23-16-10-8-15(9-11-16)19(21)22/h3-11,13H,12H2,1-2H3/t13-/m0/s1. The van der Waals surface area contributed by atoms with Crippen molar-refractivity contribution in [2.24, 2.45) is 0 Å². The number of amides is 1. The minimum atomic E-state index is -0.436. The van der Waals surface area contributed by atoms with Gasteiger partial charge in [0.1, 0.15) is 0 Å². The Kier molecular flexibility index (Phi) is 5.76. The van der Waals surface area contributed by atoms with Crippen LogP contribution in [0.2, 0.25) is 0 Å². The molecule has 1 atom stereocenters. The van der Waals surface area contributed by atoms with Crippen LogP contribution in [0.25, 0.3) is 0 Å². The van der Waals surface area contributed by atoms with Crippen LogP contribution in [-0.2, 0) is 4.79 Å². The molecule has 5 nitrogen and oxygen atoms in total. The van der Waals surface area contributed by atoms with E-state index in [-0.39, 0.29) is 17.6 Å². The van der Waals surface area contributed by atoms with Gasteiger partial charge in [-0.2, -0.15) is 0 Å². The Bertz CT molecular complexity index is 674. The largest absolute Gasteiger partial charge is 0.338 e. The maximum atomic E-state index is 12.3. The average molecular weight is 330 g/mol. The van der Waals surface area contributed by atoms with Gasteiger partial charge in [-0.25, -0.2) is 0 Å². The lowest BCUT2D eigenvalue weighted by Crippen LogP contribution is -2.31. The first-order valence-electron chi connectivity index (χ1n) is 7.17. The maximum Gasteiger partial charge on any atom is 0.269 e. The molecule has 0 heterocycles. The first kappa shape index (κ1) is 17.0. The lowest BCUT2D eigenvalue weighted by molar-refractivity contribution is -0.384. The molecule has 0 aliphatic heterocycles. The van der Waals surface area contributed by atoms with Crippen molar-refractivity contribution < 1.29 is 9.72 Å². The van der Waals surface area contributed by atoms with Crippen LogP contribution in [0.3, 0.4) is 0 Å². The third-order valence-corrected chi connectivity index (χ3v) is 4.66. The molecular formula is C17H18N2O3S. The highest BCUT2D eigenvalue weighted by Crippen LogP contribution is 2.24. The van der Waals surface area contributed by atoms with Gasteiger partial charge < -0.3 is 4.90 Å². The van der Waals surface area contributed by atoms with E-state index in [4.69, 9.17) is 0 Å². The van der Waals surface area contributed by atoms with Gasteiger partial charge in [-0.3, -0.25) is 14.9 Å². The van der Waals surface area contributed by atoms with Crippen LogP contribution in [0.4, 0.5) is 5.69 Å². The number of carbonyl (C=O) groups excluding carboxylic acids is 1. The Morgan fingerprint density at radius 1 is 1.17 bits per heavy atom. The third kappa shape index (κ3) is 4.56. The highest BCUT2D eigenvalue weighted by Gasteiger charge is 2.17. The van der Waals surface area contributed by atoms with E-state index in [1.165, 1.54) is 23.9 Å². The molecule has 120 valence electrons. The Labute approximate surface area is 139 Å². The van der Waals surface area contributed by atoms with Crippen LogP contribution in [0.1, 0.15) is 18.5 Å². The zero-order valence-electron chi connectivity index (χ0n) is 13.0. The number of benzene rings is 2. The predicted molar refractivity (Wildman–Crippen MR) is 91.4 cm³/mol. The number of non-ortho nitro benzene ring substituents is 1. The fraction of sp³-hybridized carbons (Fsp3) is 0.235. The van der Waals surface area contributed by atoms with E-state index in [9.17, 15) is 14.9 Å². The Hall–Kier alpha value is -2.34. The lowest BCUT2D eigenvalue weighted by Gasteiger charge is -2.25. The summed E-state index contributed by atoms with van der Waals surface area (Å²) in [6.07, 6.45) is 0. The number of hydrogen-bond acceptors (Lipinski definition) is 4. The summed E-state index contributed by atoms with van der Waals surface area (Å²) in [6.45, 7) is 1.99. The molecule has 0 fully saturated rings. The molecule has 0 aliphatic rings. The number of rotatable bonds is 6. The van der Waals surface area contributed by atoms with Gasteiger partial charge in [-0.15, -0.1) is 11.8 Å². The Morgan fingerprint density at radius 2 is 1.78 bits per heavy atom. The summed E-state index contributed by atoms with van der Waals surface area (Å²) in [5, 5.41) is 10.6. The minimum Gasteiger partial charge on any atom is -0.338 e. The minimum absolute atomic E-state index is 0.00107. The van der Waals surface area contributed by atoms with Gasteiger partial charge in [0.15, 0.2) is 0 Å². The second-order valence-corrected chi connectivity index (χ2v) is 6.18. The van der Waals surface area contributed by atoms with Crippen LogP contribution in [-0.4, -0.2) is 28.5 Å². The summed E-state index contributed by atoms with van der Waals surface area (Å²) in [5.74, 6) is 0.315. The lowest BCUT2D eigenvalue weighted by atomic mass is 10.1. The topological polar surface area (TPSA) is 63.5 Å². The van der Waals surface area contributed by atoms with Crippen molar-refractivity contribution >= 4 is 23.4 Å². The van der Waals surface area contributed by atoms with Gasteiger partial charge in [0.25, 0.3) is 5.69 Å². The number of nitro groups is 1. The fourth-order valence-electron chi connectivity index (χ4n) is 2.08. The van der Waals surface area contributed by atoms with E-state index in [0.29, 0.717) is 5.75 Å². The molecule has 0 saturated carbocycles. The molecule has 0 spiro atoms. The molecule has 0 saturated heterocycles. The molecule has 0 radical (unpaired) electrons. The van der Waals surface area contributed by atoms with Crippen LogP contribution < -0.4 is 0 Å². The molecule has 0 aliphatic carbocycles. The first-order chi connectivity index (χ1) is 11.0. The average Bonchev–Trinajstić information content (AvgIpc) is 2.59. The molecule has 6 heteroatoms. The number of nitro benzene ring substituents is 1. The summed E-state index contributed by atoms with van der Waals surface area (Å²) in [4.78, 5) is 25.0. The van der Waals surface area contributed by atoms with Crippen LogP contribution in [0, 0.1) is 10.1 Å². The van der Waals surface area contributed by atoms with E-state index < -0.39 is 4.92 Å². The normalized spacial score (nSPS) is 11.7. The molecule has 0 N–H and O–H groups in total. The Morgan fingerprint density at radius 3 is 2.35 bits per heavy atom. The van der Waals surface area contributed by atoms with Crippen LogP contribution in [0.5, 0.6) is 0 Å². The summed E-state index contributed by atoms with van der Waals surface area (Å²) in [7, 11) is 1.79. The van der Waals surface area contributed by atoms with Gasteiger partial charge >= 0.3 is 0 Å². The van der Waals surface area contributed by atoms with Crippen LogP contribution >= 0.6 is 11.8 Å². The van der Waals surface area contributed by atoms with Gasteiger partial charge in [0, 0.05) is 24.1 Å². The van der Waals surface area contributed by atoms with Crippen molar-refractivity contribution in [1.82, 2.24) is 4.90 Å². The van der Waals surface area contributed by atoms with Crippen molar-refractivity contribution in [3.8, 4) is 0 Å². The van der Waals surface area contributed by atoms with E-state index in [1.807, 2.05) is 37.3 Å². The number of nitrogens with zero attached hydrogens (tertiary/aromatic N) is 2. The summed E-state index contributed by atoms with van der Waals surface area (Å²) >= 11 is 1.38. The fourth-order valence-corrected chi connectivity index (χ4v) is 2.90. The molecule has 2 aromatic carbocycles. The van der Waals surface area contributed by atoms with Gasteiger partial charge in [0.2, 0.25) is 5.91 Å². The van der Waals surface area contributed by atoms with Crippen molar-refractivity contribution in [1.29, 1.82) is 0 Å². The summed E-state index contributed by atoms with van der Waals surface area (Å²) in [6, 6.07) is 16.1. The summed E-state index contributed by atoms with van der Waals surface area (Å²) < 4.78 is 0. The van der Waals surface area contributed by atoms with Gasteiger partial charge in [-0.05, 0) is 24.6 Å². The van der Waals surface area contributed by atoms with E-state index in [2.05, 4.69) is 0 Å². The summed E-state index contributed by atoms with van der Waals surface area (Å²) in [5.41, 5.74) is 1.14. The van der Waals surface area contributed by atoms with E-state index in [1.54, 1.807) is 24.1 Å². The van der Waals surface area contributed by atoms with Crippen molar-refractivity contribution in [3.63, 3.8) is 0 Å². The SMILES string of the molecule is C[C@@H](c1ccccc1)N(C)C(=O)CSc1ccc([N+](=O)[O-])cc1. The van der Waals surface area contributed by atoms with Crippen molar-refractivity contribution in [2.75, 3.05) is 12.8 Å². The van der Waals surface area contributed by atoms with Gasteiger partial charge in [-0.1, -0.05) is 30.3 Å². The maximum absolute atomic E-state index is 12.3. The highest BCUT2D eigenvalue weighted by atomic mass is 32.2.